The van der Waals surface area contributed by atoms with Crippen LogP contribution in [0.1, 0.15) is 29.3 Å². The Labute approximate surface area is 109 Å². The summed E-state index contributed by atoms with van der Waals surface area (Å²) in [4.78, 5) is 11.6. The number of esters is 1. The molecule has 0 radical (unpaired) electrons. The second-order valence-corrected chi connectivity index (χ2v) is 4.26. The lowest BCUT2D eigenvalue weighted by molar-refractivity contribution is -0.181. The highest BCUT2D eigenvalue weighted by molar-refractivity contribution is 5.91. The zero-order valence-corrected chi connectivity index (χ0v) is 10.9. The van der Waals surface area contributed by atoms with Gasteiger partial charge in [0.25, 0.3) is 0 Å². The Balaban J connectivity index is 3.29. The van der Waals surface area contributed by atoms with Crippen molar-refractivity contribution in [1.29, 1.82) is 0 Å². The highest BCUT2D eigenvalue weighted by Gasteiger charge is 2.42. The number of rotatable bonds is 4. The predicted octanol–water partition coefficient (Wildman–Crippen LogP) is 3.29. The van der Waals surface area contributed by atoms with E-state index in [1.165, 1.54) is 33.3 Å². The van der Waals surface area contributed by atoms with Crippen LogP contribution in [0, 0.1) is 0 Å². The highest BCUT2D eigenvalue weighted by atomic mass is 19.4. The van der Waals surface area contributed by atoms with Gasteiger partial charge in [-0.1, -0.05) is 18.2 Å². The van der Waals surface area contributed by atoms with Crippen molar-refractivity contribution in [2.45, 2.75) is 25.1 Å². The molecule has 1 aromatic carbocycles. The van der Waals surface area contributed by atoms with Gasteiger partial charge < -0.3 is 9.47 Å². The van der Waals surface area contributed by atoms with Gasteiger partial charge in [0, 0.05) is 7.11 Å². The average Bonchev–Trinajstić information content (AvgIpc) is 2.35. The smallest absolute Gasteiger partial charge is 0.392 e. The fraction of sp³-hybridized carbons (Fsp3) is 0.462. The molecule has 6 heteroatoms. The zero-order valence-electron chi connectivity index (χ0n) is 10.9. The lowest BCUT2D eigenvalue weighted by atomic mass is 9.88. The third kappa shape index (κ3) is 3.70. The lowest BCUT2D eigenvalue weighted by Gasteiger charge is -2.31. The summed E-state index contributed by atoms with van der Waals surface area (Å²) in [6.45, 7) is 1.29. The second kappa shape index (κ2) is 5.61. The molecule has 0 heterocycles. The number of alkyl halides is 3. The molecule has 0 aromatic heterocycles. The summed E-state index contributed by atoms with van der Waals surface area (Å²) < 4.78 is 47.5. The molecule has 106 valence electrons. The van der Waals surface area contributed by atoms with Crippen LogP contribution in [0.25, 0.3) is 0 Å². The maximum atomic E-state index is 12.6. The molecule has 0 aliphatic rings. The van der Waals surface area contributed by atoms with Crippen molar-refractivity contribution in [2.75, 3.05) is 14.2 Å². The Hall–Kier alpha value is -1.56. The molecule has 0 N–H and O–H groups in total. The molecule has 0 saturated heterocycles. The molecule has 0 amide bonds. The molecule has 0 spiro atoms. The summed E-state index contributed by atoms with van der Waals surface area (Å²) in [5.74, 6) is -0.693. The number of methoxy groups -OCH3 is 2. The van der Waals surface area contributed by atoms with Crippen molar-refractivity contribution in [3.05, 3.63) is 35.4 Å². The van der Waals surface area contributed by atoms with Crippen LogP contribution in [0.5, 0.6) is 0 Å². The molecule has 0 fully saturated rings. The molecular formula is C13H15F3O3. The first-order valence-corrected chi connectivity index (χ1v) is 5.53. The van der Waals surface area contributed by atoms with Crippen molar-refractivity contribution < 1.29 is 27.4 Å². The SMILES string of the molecule is COC(=O)c1ccccc1C(C)(CC(F)(F)F)OC. The first kappa shape index (κ1) is 15.5. The molecule has 1 unspecified atom stereocenters. The first-order valence-electron chi connectivity index (χ1n) is 5.53. The number of hydrogen-bond donors (Lipinski definition) is 0. The minimum absolute atomic E-state index is 0.0681. The summed E-state index contributed by atoms with van der Waals surface area (Å²) in [5.41, 5.74) is -1.41. The number of halogens is 3. The molecule has 1 atom stereocenters. The van der Waals surface area contributed by atoms with Gasteiger partial charge in [0.2, 0.25) is 0 Å². The van der Waals surface area contributed by atoms with E-state index in [4.69, 9.17) is 4.74 Å². The Morgan fingerprint density at radius 3 is 2.26 bits per heavy atom. The van der Waals surface area contributed by atoms with Crippen LogP contribution >= 0.6 is 0 Å². The van der Waals surface area contributed by atoms with E-state index in [0.717, 1.165) is 0 Å². The van der Waals surface area contributed by atoms with E-state index in [9.17, 15) is 18.0 Å². The van der Waals surface area contributed by atoms with Gasteiger partial charge in [0.1, 0.15) is 0 Å². The standard InChI is InChI=1S/C13H15F3O3/c1-12(19-3,8-13(14,15)16)10-7-5-4-6-9(10)11(17)18-2/h4-7H,8H2,1-3H3. The average molecular weight is 276 g/mol. The molecule has 1 aromatic rings. The van der Waals surface area contributed by atoms with Gasteiger partial charge in [-0.25, -0.2) is 4.79 Å². The zero-order chi connectivity index (χ0) is 14.7. The van der Waals surface area contributed by atoms with Crippen LogP contribution in [-0.4, -0.2) is 26.4 Å². The van der Waals surface area contributed by atoms with Gasteiger partial charge in [-0.15, -0.1) is 0 Å². The molecule has 0 aliphatic heterocycles. The van der Waals surface area contributed by atoms with E-state index in [1.807, 2.05) is 0 Å². The van der Waals surface area contributed by atoms with Crippen LogP contribution in [0.15, 0.2) is 24.3 Å². The fourth-order valence-corrected chi connectivity index (χ4v) is 1.89. The summed E-state index contributed by atoms with van der Waals surface area (Å²) in [6, 6.07) is 5.95. The monoisotopic (exact) mass is 276 g/mol. The largest absolute Gasteiger partial charge is 0.465 e. The first-order chi connectivity index (χ1) is 8.73. The van der Waals surface area contributed by atoms with Gasteiger partial charge >= 0.3 is 12.1 Å². The quantitative estimate of drug-likeness (QED) is 0.792. The van der Waals surface area contributed by atoms with Gasteiger partial charge in [0.05, 0.1) is 24.7 Å². The van der Waals surface area contributed by atoms with E-state index in [2.05, 4.69) is 4.74 Å². The highest BCUT2D eigenvalue weighted by Crippen LogP contribution is 2.38. The van der Waals surface area contributed by atoms with Crippen molar-refractivity contribution in [2.24, 2.45) is 0 Å². The summed E-state index contributed by atoms with van der Waals surface area (Å²) in [7, 11) is 2.35. The number of carbonyl (C=O) groups excluding carboxylic acids is 1. The van der Waals surface area contributed by atoms with Crippen LogP contribution in [-0.2, 0) is 15.1 Å². The third-order valence-electron chi connectivity index (χ3n) is 2.89. The molecule has 1 rings (SSSR count). The molecule has 0 saturated carbocycles. The third-order valence-corrected chi connectivity index (χ3v) is 2.89. The Bertz CT molecular complexity index is 457. The number of benzene rings is 1. The number of hydrogen-bond acceptors (Lipinski definition) is 3. The van der Waals surface area contributed by atoms with E-state index in [-0.39, 0.29) is 11.1 Å². The minimum Gasteiger partial charge on any atom is -0.465 e. The van der Waals surface area contributed by atoms with Crippen molar-refractivity contribution >= 4 is 5.97 Å². The van der Waals surface area contributed by atoms with Gasteiger partial charge in [-0.05, 0) is 18.6 Å². The summed E-state index contributed by atoms with van der Waals surface area (Å²) in [6.07, 6.45) is -5.60. The Morgan fingerprint density at radius 2 is 1.79 bits per heavy atom. The van der Waals surface area contributed by atoms with Gasteiger partial charge in [0.15, 0.2) is 0 Å². The second-order valence-electron chi connectivity index (χ2n) is 4.26. The van der Waals surface area contributed by atoms with Gasteiger partial charge in [-0.3, -0.25) is 0 Å². The van der Waals surface area contributed by atoms with Crippen molar-refractivity contribution in [3.63, 3.8) is 0 Å². The minimum atomic E-state index is -4.41. The molecule has 0 aliphatic carbocycles. The topological polar surface area (TPSA) is 35.5 Å². The van der Waals surface area contributed by atoms with Crippen molar-refractivity contribution in [3.8, 4) is 0 Å². The molecule has 0 bridgehead atoms. The normalized spacial score (nSPS) is 14.8. The Morgan fingerprint density at radius 1 is 1.21 bits per heavy atom. The summed E-state index contributed by atoms with van der Waals surface area (Å²) >= 11 is 0. The Kier molecular flexibility index (Phi) is 4.57. The maximum Gasteiger partial charge on any atom is 0.392 e. The molecule has 19 heavy (non-hydrogen) atoms. The van der Waals surface area contributed by atoms with Crippen molar-refractivity contribution in [1.82, 2.24) is 0 Å². The van der Waals surface area contributed by atoms with E-state index >= 15 is 0 Å². The molecule has 3 nitrogen and oxygen atoms in total. The van der Waals surface area contributed by atoms with Crippen LogP contribution in [0.2, 0.25) is 0 Å². The van der Waals surface area contributed by atoms with E-state index in [0.29, 0.717) is 0 Å². The predicted molar refractivity (Wildman–Crippen MR) is 62.8 cm³/mol. The van der Waals surface area contributed by atoms with Crippen LogP contribution in [0.4, 0.5) is 13.2 Å². The number of carbonyl (C=O) groups is 1. The maximum absolute atomic E-state index is 12.6. The van der Waals surface area contributed by atoms with Crippen LogP contribution < -0.4 is 0 Å². The van der Waals surface area contributed by atoms with Crippen LogP contribution in [0.3, 0.4) is 0 Å². The van der Waals surface area contributed by atoms with E-state index in [1.54, 1.807) is 12.1 Å². The lowest BCUT2D eigenvalue weighted by Crippen LogP contribution is -2.33. The van der Waals surface area contributed by atoms with Gasteiger partial charge in [-0.2, -0.15) is 13.2 Å². The fourth-order valence-electron chi connectivity index (χ4n) is 1.89. The number of ether oxygens (including phenoxy) is 2. The molecular weight excluding hydrogens is 261 g/mol. The van der Waals surface area contributed by atoms with E-state index < -0.39 is 24.2 Å². The summed E-state index contributed by atoms with van der Waals surface area (Å²) in [5, 5.41) is 0.